The van der Waals surface area contributed by atoms with Crippen molar-refractivity contribution in [2.75, 3.05) is 0 Å². The highest BCUT2D eigenvalue weighted by molar-refractivity contribution is 7.14. The fourth-order valence-corrected chi connectivity index (χ4v) is 5.30. The van der Waals surface area contributed by atoms with Crippen molar-refractivity contribution in [3.63, 3.8) is 0 Å². The van der Waals surface area contributed by atoms with Gasteiger partial charge in [-0.05, 0) is 93.7 Å². The Kier molecular flexibility index (Phi) is 7.89. The SMILES string of the molecule is C(/C=C/c1cc(-c2cccs2)c(/C=C/C=C/c2ccccn2)cc1-c1cccs1)=C\c1ccccn1. The van der Waals surface area contributed by atoms with E-state index in [4.69, 9.17) is 0 Å². The van der Waals surface area contributed by atoms with Gasteiger partial charge < -0.3 is 0 Å². The molecule has 0 atom stereocenters. The lowest BCUT2D eigenvalue weighted by Gasteiger charge is -2.11. The average Bonchev–Trinajstić information content (AvgIpc) is 3.66. The van der Waals surface area contributed by atoms with Crippen LogP contribution < -0.4 is 0 Å². The molecule has 2 nitrogen and oxygen atoms in total. The third kappa shape index (κ3) is 6.11. The minimum absolute atomic E-state index is 0.944. The Hall–Kier alpha value is -4.12. The van der Waals surface area contributed by atoms with E-state index < -0.39 is 0 Å². The van der Waals surface area contributed by atoms with E-state index in [1.807, 2.05) is 73.1 Å². The lowest BCUT2D eigenvalue weighted by Crippen LogP contribution is -1.88. The maximum Gasteiger partial charge on any atom is 0.0629 e. The molecule has 0 amide bonds. The second-order valence-corrected chi connectivity index (χ2v) is 9.82. The summed E-state index contributed by atoms with van der Waals surface area (Å²) < 4.78 is 0. The fourth-order valence-electron chi connectivity index (χ4n) is 3.78. The zero-order valence-corrected chi connectivity index (χ0v) is 21.2. The van der Waals surface area contributed by atoms with Gasteiger partial charge in [0.2, 0.25) is 0 Å². The highest BCUT2D eigenvalue weighted by Crippen LogP contribution is 2.37. The minimum atomic E-state index is 0.944. The topological polar surface area (TPSA) is 25.8 Å². The molecule has 0 unspecified atom stereocenters. The molecular weight excluding hydrogens is 477 g/mol. The van der Waals surface area contributed by atoms with Crippen LogP contribution in [0.15, 0.2) is 120 Å². The van der Waals surface area contributed by atoms with Crippen molar-refractivity contribution in [1.29, 1.82) is 0 Å². The zero-order valence-electron chi connectivity index (χ0n) is 19.6. The Bertz CT molecular complexity index is 1380. The van der Waals surface area contributed by atoms with Crippen LogP contribution in [0, 0.1) is 0 Å². The standard InChI is InChI=1S/C32H24N2S2/c1(3-13-27-15-5-7-19-33-27)11-25-23-30(32-18-10-22-36-32)26(24-29(25)31-17-9-21-35-31)12-2-4-14-28-16-6-8-20-34-28/h1-24H/b11-1+,12-2+,13-3+,14-4+. The summed E-state index contributed by atoms with van der Waals surface area (Å²) in [6, 6.07) is 25.0. The molecule has 0 saturated heterocycles. The molecule has 0 saturated carbocycles. The molecule has 0 aliphatic rings. The third-order valence-corrected chi connectivity index (χ3v) is 7.28. The van der Waals surface area contributed by atoms with Gasteiger partial charge >= 0.3 is 0 Å². The van der Waals surface area contributed by atoms with Gasteiger partial charge in [-0.1, -0.05) is 60.7 Å². The summed E-state index contributed by atoms with van der Waals surface area (Å²) in [5.41, 5.74) is 6.71. The first-order valence-corrected chi connectivity index (χ1v) is 13.4. The van der Waals surface area contributed by atoms with Crippen LogP contribution >= 0.6 is 22.7 Å². The van der Waals surface area contributed by atoms with Crippen molar-refractivity contribution in [1.82, 2.24) is 9.97 Å². The van der Waals surface area contributed by atoms with Gasteiger partial charge in [0.25, 0.3) is 0 Å². The molecule has 0 N–H and O–H groups in total. The number of hydrogen-bond donors (Lipinski definition) is 0. The summed E-state index contributed by atoms with van der Waals surface area (Å²) in [4.78, 5) is 11.2. The lowest BCUT2D eigenvalue weighted by atomic mass is 9.95. The molecule has 1 aromatic carbocycles. The second kappa shape index (κ2) is 12.0. The molecule has 4 heterocycles. The van der Waals surface area contributed by atoms with Crippen molar-refractivity contribution in [3.8, 4) is 20.9 Å². The van der Waals surface area contributed by atoms with Crippen molar-refractivity contribution < 1.29 is 0 Å². The van der Waals surface area contributed by atoms with E-state index >= 15 is 0 Å². The first-order valence-electron chi connectivity index (χ1n) is 11.6. The summed E-state index contributed by atoms with van der Waals surface area (Å²) in [5.74, 6) is 0. The van der Waals surface area contributed by atoms with E-state index in [0.717, 1.165) is 11.4 Å². The smallest absolute Gasteiger partial charge is 0.0629 e. The van der Waals surface area contributed by atoms with E-state index in [2.05, 4.69) is 81.4 Å². The van der Waals surface area contributed by atoms with E-state index in [-0.39, 0.29) is 0 Å². The lowest BCUT2D eigenvalue weighted by molar-refractivity contribution is 1.30. The van der Waals surface area contributed by atoms with Gasteiger partial charge in [-0.3, -0.25) is 9.97 Å². The van der Waals surface area contributed by atoms with E-state index in [1.165, 1.54) is 32.0 Å². The maximum absolute atomic E-state index is 4.36. The minimum Gasteiger partial charge on any atom is -0.257 e. The molecule has 4 heteroatoms. The van der Waals surface area contributed by atoms with Gasteiger partial charge in [0.05, 0.1) is 11.4 Å². The maximum atomic E-state index is 4.36. The predicted octanol–water partition coefficient (Wildman–Crippen LogP) is 9.39. The highest BCUT2D eigenvalue weighted by atomic mass is 32.1. The van der Waals surface area contributed by atoms with Crippen LogP contribution in [0.1, 0.15) is 22.5 Å². The Balaban J connectivity index is 1.52. The molecule has 0 radical (unpaired) electrons. The van der Waals surface area contributed by atoms with Crippen LogP contribution in [0.4, 0.5) is 0 Å². The molecule has 0 aliphatic carbocycles. The van der Waals surface area contributed by atoms with E-state index in [1.54, 1.807) is 22.7 Å². The number of allylic oxidation sites excluding steroid dienone is 4. The molecule has 0 spiro atoms. The number of pyridine rings is 2. The molecule has 36 heavy (non-hydrogen) atoms. The van der Waals surface area contributed by atoms with Crippen LogP contribution in [0.2, 0.25) is 0 Å². The molecule has 5 rings (SSSR count). The quantitative estimate of drug-likeness (QED) is 0.198. The summed E-state index contributed by atoms with van der Waals surface area (Å²) in [5, 5.41) is 4.25. The Morgan fingerprint density at radius 1 is 0.500 bits per heavy atom. The number of hydrogen-bond acceptors (Lipinski definition) is 4. The highest BCUT2D eigenvalue weighted by Gasteiger charge is 2.12. The molecule has 0 fully saturated rings. The van der Waals surface area contributed by atoms with Crippen molar-refractivity contribution >= 4 is 47.0 Å². The van der Waals surface area contributed by atoms with Crippen molar-refractivity contribution in [3.05, 3.63) is 143 Å². The van der Waals surface area contributed by atoms with E-state index in [9.17, 15) is 0 Å². The molecule has 4 aromatic heterocycles. The Morgan fingerprint density at radius 2 is 0.972 bits per heavy atom. The van der Waals surface area contributed by atoms with E-state index in [0.29, 0.717) is 0 Å². The van der Waals surface area contributed by atoms with Gasteiger partial charge in [-0.25, -0.2) is 0 Å². The number of aromatic nitrogens is 2. The van der Waals surface area contributed by atoms with Crippen molar-refractivity contribution in [2.45, 2.75) is 0 Å². The summed E-state index contributed by atoms with van der Waals surface area (Å²) in [6.45, 7) is 0. The third-order valence-electron chi connectivity index (χ3n) is 5.48. The van der Waals surface area contributed by atoms with Gasteiger partial charge in [0.1, 0.15) is 0 Å². The molecule has 5 aromatic rings. The number of benzene rings is 1. The summed E-state index contributed by atoms with van der Waals surface area (Å²) in [6.07, 6.45) is 20.3. The molecule has 174 valence electrons. The monoisotopic (exact) mass is 500 g/mol. The predicted molar refractivity (Wildman–Crippen MR) is 158 cm³/mol. The van der Waals surface area contributed by atoms with Crippen LogP contribution in [0.5, 0.6) is 0 Å². The van der Waals surface area contributed by atoms with Crippen LogP contribution in [0.3, 0.4) is 0 Å². The van der Waals surface area contributed by atoms with Crippen molar-refractivity contribution in [2.24, 2.45) is 0 Å². The van der Waals surface area contributed by atoms with Gasteiger partial charge in [0, 0.05) is 22.1 Å². The molecule has 0 bridgehead atoms. The normalized spacial score (nSPS) is 12.0. The first-order chi connectivity index (χ1) is 17.9. The van der Waals surface area contributed by atoms with Crippen LogP contribution in [0.25, 0.3) is 45.2 Å². The summed E-state index contributed by atoms with van der Waals surface area (Å²) in [7, 11) is 0. The Labute approximate surface area is 220 Å². The van der Waals surface area contributed by atoms with Crippen LogP contribution in [-0.4, -0.2) is 9.97 Å². The molecular formula is C32H24N2S2. The number of rotatable bonds is 8. The van der Waals surface area contributed by atoms with Gasteiger partial charge in [-0.2, -0.15) is 0 Å². The summed E-state index contributed by atoms with van der Waals surface area (Å²) >= 11 is 3.52. The van der Waals surface area contributed by atoms with Crippen LogP contribution in [-0.2, 0) is 0 Å². The Morgan fingerprint density at radius 3 is 1.36 bits per heavy atom. The van der Waals surface area contributed by atoms with Gasteiger partial charge in [0.15, 0.2) is 0 Å². The van der Waals surface area contributed by atoms with Gasteiger partial charge in [-0.15, -0.1) is 22.7 Å². The largest absolute Gasteiger partial charge is 0.257 e. The zero-order chi connectivity index (χ0) is 24.4. The molecule has 0 aliphatic heterocycles. The fraction of sp³-hybridized carbons (Fsp3) is 0. The average molecular weight is 501 g/mol. The first kappa shape index (κ1) is 23.6. The number of thiophene rings is 2. The second-order valence-electron chi connectivity index (χ2n) is 7.93. The number of nitrogens with zero attached hydrogens (tertiary/aromatic N) is 2.